The zero-order chi connectivity index (χ0) is 14.0. The lowest BCUT2D eigenvalue weighted by Gasteiger charge is -1.99. The summed E-state index contributed by atoms with van der Waals surface area (Å²) in [6.07, 6.45) is 25.8. The van der Waals surface area contributed by atoms with E-state index in [-0.39, 0.29) is 0 Å². The van der Waals surface area contributed by atoms with Crippen LogP contribution in [0.2, 0.25) is 0 Å². The third-order valence-electron chi connectivity index (χ3n) is 3.10. The second kappa shape index (κ2) is 17.2. The molecule has 0 fully saturated rings. The number of allylic oxidation sites excluding steroid dienone is 6. The van der Waals surface area contributed by atoms with Gasteiger partial charge in [0.1, 0.15) is 0 Å². The normalized spacial score (nSPS) is 12.3. The topological polar surface area (TPSA) is 26.0 Å². The summed E-state index contributed by atoms with van der Waals surface area (Å²) in [4.78, 5) is 0. The van der Waals surface area contributed by atoms with Crippen molar-refractivity contribution in [2.45, 2.75) is 71.1 Å². The van der Waals surface area contributed by atoms with E-state index in [4.69, 9.17) is 5.73 Å². The van der Waals surface area contributed by atoms with Gasteiger partial charge in [0.05, 0.1) is 0 Å². The molecule has 0 aliphatic heterocycles. The van der Waals surface area contributed by atoms with E-state index in [1.54, 1.807) is 6.54 Å². The SMILES string of the molecule is CC=CCC=CCC=CCCCCCCCC[CH]N. The molecule has 0 bridgehead atoms. The molecule has 0 heterocycles. The van der Waals surface area contributed by atoms with Crippen LogP contribution in [-0.4, -0.2) is 0 Å². The van der Waals surface area contributed by atoms with Gasteiger partial charge < -0.3 is 5.73 Å². The minimum absolute atomic E-state index is 1.06. The summed E-state index contributed by atoms with van der Waals surface area (Å²) in [5, 5.41) is 0. The molecule has 0 rings (SSSR count). The van der Waals surface area contributed by atoms with Crippen molar-refractivity contribution in [1.82, 2.24) is 0 Å². The number of nitrogens with two attached hydrogens (primary N) is 1. The second-order valence-corrected chi connectivity index (χ2v) is 4.92. The quantitative estimate of drug-likeness (QED) is 0.334. The molecule has 0 aromatic heterocycles. The minimum atomic E-state index is 1.06. The largest absolute Gasteiger partial charge is 0.326 e. The van der Waals surface area contributed by atoms with Crippen molar-refractivity contribution < 1.29 is 0 Å². The average molecular weight is 262 g/mol. The van der Waals surface area contributed by atoms with Crippen LogP contribution in [0.25, 0.3) is 0 Å². The summed E-state index contributed by atoms with van der Waals surface area (Å²) in [7, 11) is 0. The Hall–Kier alpha value is -0.820. The van der Waals surface area contributed by atoms with Crippen molar-refractivity contribution in [3.05, 3.63) is 43.0 Å². The molecule has 0 aromatic carbocycles. The van der Waals surface area contributed by atoms with Crippen LogP contribution in [0.15, 0.2) is 36.5 Å². The summed E-state index contributed by atoms with van der Waals surface area (Å²) in [6, 6.07) is 0. The van der Waals surface area contributed by atoms with Gasteiger partial charge in [-0.05, 0) is 39.0 Å². The maximum Gasteiger partial charge on any atom is 0.0192 e. The van der Waals surface area contributed by atoms with Crippen molar-refractivity contribution in [2.24, 2.45) is 5.73 Å². The smallest absolute Gasteiger partial charge is 0.0192 e. The molecule has 2 N–H and O–H groups in total. The molecule has 1 radical (unpaired) electrons. The molecule has 0 atom stereocenters. The summed E-state index contributed by atoms with van der Waals surface area (Å²) >= 11 is 0. The van der Waals surface area contributed by atoms with Gasteiger partial charge in [-0.15, -0.1) is 0 Å². The van der Waals surface area contributed by atoms with Crippen LogP contribution in [0.4, 0.5) is 0 Å². The first kappa shape index (κ1) is 18.2. The number of unbranched alkanes of at least 4 members (excludes halogenated alkanes) is 7. The van der Waals surface area contributed by atoms with Crippen LogP contribution in [0.3, 0.4) is 0 Å². The Labute approximate surface area is 120 Å². The highest BCUT2D eigenvalue weighted by Crippen LogP contribution is 2.09. The molecule has 19 heavy (non-hydrogen) atoms. The third kappa shape index (κ3) is 17.2. The molecule has 1 nitrogen and oxygen atoms in total. The summed E-state index contributed by atoms with van der Waals surface area (Å²) in [5.41, 5.74) is 5.34. The van der Waals surface area contributed by atoms with Crippen LogP contribution in [-0.2, 0) is 0 Å². The predicted molar refractivity (Wildman–Crippen MR) is 87.8 cm³/mol. The summed E-state index contributed by atoms with van der Waals surface area (Å²) in [6.45, 7) is 3.84. The number of rotatable bonds is 13. The van der Waals surface area contributed by atoms with E-state index in [2.05, 4.69) is 43.4 Å². The molecular formula is C18H32N. The van der Waals surface area contributed by atoms with Crippen molar-refractivity contribution in [3.8, 4) is 0 Å². The zero-order valence-electron chi connectivity index (χ0n) is 12.7. The maximum atomic E-state index is 5.34. The first-order valence-electron chi connectivity index (χ1n) is 7.86. The Morgan fingerprint density at radius 2 is 1.16 bits per heavy atom. The second-order valence-electron chi connectivity index (χ2n) is 4.92. The predicted octanol–water partition coefficient (Wildman–Crippen LogP) is 5.70. The van der Waals surface area contributed by atoms with Gasteiger partial charge in [-0.2, -0.15) is 0 Å². The molecule has 0 saturated heterocycles. The molecule has 0 amide bonds. The van der Waals surface area contributed by atoms with E-state index < -0.39 is 0 Å². The maximum absolute atomic E-state index is 5.34. The van der Waals surface area contributed by atoms with E-state index in [0.29, 0.717) is 0 Å². The molecular weight excluding hydrogens is 230 g/mol. The fourth-order valence-corrected chi connectivity index (χ4v) is 1.93. The molecule has 1 heteroatoms. The highest BCUT2D eigenvalue weighted by Gasteiger charge is 1.90. The van der Waals surface area contributed by atoms with E-state index in [1.165, 1.54) is 44.9 Å². The first-order chi connectivity index (χ1) is 9.41. The third-order valence-corrected chi connectivity index (χ3v) is 3.10. The fourth-order valence-electron chi connectivity index (χ4n) is 1.93. The molecule has 0 spiro atoms. The lowest BCUT2D eigenvalue weighted by molar-refractivity contribution is 0.594. The first-order valence-corrected chi connectivity index (χ1v) is 7.86. The van der Waals surface area contributed by atoms with Gasteiger partial charge in [-0.3, -0.25) is 0 Å². The summed E-state index contributed by atoms with van der Waals surface area (Å²) in [5.74, 6) is 0. The van der Waals surface area contributed by atoms with Crippen LogP contribution >= 0.6 is 0 Å². The molecule has 0 unspecified atom stereocenters. The van der Waals surface area contributed by atoms with Crippen molar-refractivity contribution in [3.63, 3.8) is 0 Å². The Bertz CT molecular complexity index is 238. The molecule has 0 saturated carbocycles. The highest BCUT2D eigenvalue weighted by molar-refractivity contribution is 4.96. The van der Waals surface area contributed by atoms with Crippen LogP contribution < -0.4 is 5.73 Å². The Morgan fingerprint density at radius 1 is 0.632 bits per heavy atom. The molecule has 109 valence electrons. The lowest BCUT2D eigenvalue weighted by atomic mass is 10.1. The Morgan fingerprint density at radius 3 is 1.79 bits per heavy atom. The van der Waals surface area contributed by atoms with Gasteiger partial charge >= 0.3 is 0 Å². The monoisotopic (exact) mass is 262 g/mol. The van der Waals surface area contributed by atoms with Crippen molar-refractivity contribution >= 4 is 0 Å². The van der Waals surface area contributed by atoms with Gasteiger partial charge in [0.2, 0.25) is 0 Å². The van der Waals surface area contributed by atoms with Crippen LogP contribution in [0.1, 0.15) is 71.1 Å². The standard InChI is InChI=1S/C18H32N/c1-2-3-4-5-6-7-8-9-10-11-12-13-14-15-16-17-18-19/h2-3,5-6,8-9,18H,4,7,10-17,19H2,1H3. The van der Waals surface area contributed by atoms with E-state index in [9.17, 15) is 0 Å². The fraction of sp³-hybridized carbons (Fsp3) is 0.611. The van der Waals surface area contributed by atoms with Crippen molar-refractivity contribution in [2.75, 3.05) is 0 Å². The number of hydrogen-bond donors (Lipinski definition) is 1. The molecule has 0 aromatic rings. The van der Waals surface area contributed by atoms with Gasteiger partial charge in [0, 0.05) is 6.54 Å². The molecule has 0 aliphatic rings. The average Bonchev–Trinajstić information content (AvgIpc) is 2.43. The van der Waals surface area contributed by atoms with Gasteiger partial charge in [-0.1, -0.05) is 68.6 Å². The van der Waals surface area contributed by atoms with E-state index >= 15 is 0 Å². The highest BCUT2D eigenvalue weighted by atomic mass is 14.5. The Kier molecular flexibility index (Phi) is 16.4. The van der Waals surface area contributed by atoms with Gasteiger partial charge in [0.25, 0.3) is 0 Å². The van der Waals surface area contributed by atoms with Gasteiger partial charge in [0.15, 0.2) is 0 Å². The number of hydrogen-bond acceptors (Lipinski definition) is 1. The van der Waals surface area contributed by atoms with Gasteiger partial charge in [-0.25, -0.2) is 0 Å². The van der Waals surface area contributed by atoms with E-state index in [0.717, 1.165) is 19.3 Å². The van der Waals surface area contributed by atoms with E-state index in [1.807, 2.05) is 0 Å². The van der Waals surface area contributed by atoms with Crippen LogP contribution in [0, 0.1) is 6.54 Å². The van der Waals surface area contributed by atoms with Crippen LogP contribution in [0.5, 0.6) is 0 Å². The Balaban J connectivity index is 3.14. The summed E-state index contributed by atoms with van der Waals surface area (Å²) < 4.78 is 0. The van der Waals surface area contributed by atoms with Crippen molar-refractivity contribution in [1.29, 1.82) is 0 Å². The molecule has 0 aliphatic carbocycles. The lowest BCUT2D eigenvalue weighted by Crippen LogP contribution is -1.89. The zero-order valence-corrected chi connectivity index (χ0v) is 12.7. The minimum Gasteiger partial charge on any atom is -0.326 e.